The van der Waals surface area contributed by atoms with E-state index in [1.807, 2.05) is 6.07 Å². The summed E-state index contributed by atoms with van der Waals surface area (Å²) in [4.78, 5) is 0.0861. The van der Waals surface area contributed by atoms with Gasteiger partial charge in [0.1, 0.15) is 5.82 Å². The van der Waals surface area contributed by atoms with Crippen LogP contribution in [0.4, 0.5) is 4.39 Å². The van der Waals surface area contributed by atoms with Crippen LogP contribution in [0, 0.1) is 12.7 Å². The van der Waals surface area contributed by atoms with Gasteiger partial charge in [0.2, 0.25) is 10.0 Å². The lowest BCUT2D eigenvalue weighted by molar-refractivity contribution is 0.598. The average molecular weight is 329 g/mol. The van der Waals surface area contributed by atoms with Crippen LogP contribution in [0.15, 0.2) is 59.5 Å². The van der Waals surface area contributed by atoms with Crippen LogP contribution in [0.25, 0.3) is 11.1 Å². The zero-order valence-corrected chi connectivity index (χ0v) is 13.4. The van der Waals surface area contributed by atoms with E-state index in [9.17, 15) is 12.8 Å². The molecule has 0 amide bonds. The molecule has 0 saturated carbocycles. The molecule has 0 unspecified atom stereocenters. The molecule has 0 radical (unpaired) electrons. The molecule has 1 aliphatic carbocycles. The minimum atomic E-state index is -3.69. The van der Waals surface area contributed by atoms with Crippen LogP contribution in [-0.2, 0) is 10.0 Å². The molecule has 0 atom stereocenters. The molecule has 23 heavy (non-hydrogen) atoms. The summed E-state index contributed by atoms with van der Waals surface area (Å²) in [5.74, 6) is -0.226. The van der Waals surface area contributed by atoms with Crippen molar-refractivity contribution < 1.29 is 12.8 Å². The third kappa shape index (κ3) is 3.11. The maximum absolute atomic E-state index is 13.5. The van der Waals surface area contributed by atoms with Gasteiger partial charge in [-0.25, -0.2) is 17.9 Å². The smallest absolute Gasteiger partial charge is 0.225 e. The first-order chi connectivity index (χ1) is 10.9. The van der Waals surface area contributed by atoms with Crippen LogP contribution in [0.3, 0.4) is 0 Å². The number of halogens is 1. The normalized spacial score (nSPS) is 14.6. The van der Waals surface area contributed by atoms with Crippen molar-refractivity contribution in [1.82, 2.24) is 0 Å². The van der Waals surface area contributed by atoms with Crippen molar-refractivity contribution in [3.63, 3.8) is 0 Å². The fourth-order valence-corrected chi connectivity index (χ4v) is 3.21. The Morgan fingerprint density at radius 1 is 0.957 bits per heavy atom. The van der Waals surface area contributed by atoms with Crippen LogP contribution >= 0.6 is 0 Å². The molecule has 1 aliphatic rings. The Hall–Kier alpha value is -2.24. The molecule has 3 rings (SSSR count). The van der Waals surface area contributed by atoms with Gasteiger partial charge < -0.3 is 0 Å². The standard InChI is InChI=1S/C18H16FNO2S/c1-12-11-14(7-10-18(12)19)17-4-2-3-16(17)13-5-8-15(9-6-13)23(20,21)22/h3-11H,2H2,1H3,(H2,20,21,22). The molecule has 0 fully saturated rings. The van der Waals surface area contributed by atoms with E-state index in [-0.39, 0.29) is 10.7 Å². The second-order valence-electron chi connectivity index (χ2n) is 5.50. The van der Waals surface area contributed by atoms with E-state index in [0.717, 1.165) is 28.7 Å². The van der Waals surface area contributed by atoms with Crippen LogP contribution in [0.5, 0.6) is 0 Å². The molecule has 0 aliphatic heterocycles. The Labute approximate surface area is 135 Å². The summed E-state index contributed by atoms with van der Waals surface area (Å²) in [5, 5.41) is 5.12. The summed E-state index contributed by atoms with van der Waals surface area (Å²) in [7, 11) is -3.69. The van der Waals surface area contributed by atoms with E-state index in [1.165, 1.54) is 18.2 Å². The zero-order valence-electron chi connectivity index (χ0n) is 12.6. The van der Waals surface area contributed by atoms with Gasteiger partial charge in [-0.05, 0) is 65.4 Å². The van der Waals surface area contributed by atoms with Gasteiger partial charge in [0.25, 0.3) is 0 Å². The second kappa shape index (κ2) is 5.76. The number of hydrogen-bond acceptors (Lipinski definition) is 2. The lowest BCUT2D eigenvalue weighted by Gasteiger charge is -2.11. The molecular weight excluding hydrogens is 313 g/mol. The van der Waals surface area contributed by atoms with Gasteiger partial charge in [-0.3, -0.25) is 0 Å². The van der Waals surface area contributed by atoms with E-state index >= 15 is 0 Å². The molecule has 0 saturated heterocycles. The van der Waals surface area contributed by atoms with Crippen molar-refractivity contribution in [2.24, 2.45) is 5.14 Å². The molecule has 2 aromatic rings. The van der Waals surface area contributed by atoms with Gasteiger partial charge in [0.15, 0.2) is 0 Å². The number of sulfonamides is 1. The van der Waals surface area contributed by atoms with Crippen LogP contribution in [-0.4, -0.2) is 8.42 Å². The molecular formula is C18H16FNO2S. The molecule has 0 spiro atoms. The number of rotatable bonds is 3. The third-order valence-electron chi connectivity index (χ3n) is 3.90. The molecule has 0 aromatic heterocycles. The summed E-state index contributed by atoms with van der Waals surface area (Å²) < 4.78 is 36.1. The Morgan fingerprint density at radius 2 is 1.52 bits per heavy atom. The summed E-state index contributed by atoms with van der Waals surface area (Å²) >= 11 is 0. The lowest BCUT2D eigenvalue weighted by atomic mass is 9.94. The maximum Gasteiger partial charge on any atom is 0.238 e. The van der Waals surface area contributed by atoms with Gasteiger partial charge >= 0.3 is 0 Å². The number of primary sulfonamides is 1. The second-order valence-corrected chi connectivity index (χ2v) is 7.07. The first kappa shape index (κ1) is 15.6. The van der Waals surface area contributed by atoms with Gasteiger partial charge in [0.05, 0.1) is 4.90 Å². The number of nitrogens with two attached hydrogens (primary N) is 1. The summed E-state index contributed by atoms with van der Waals surface area (Å²) in [6.07, 6.45) is 4.94. The first-order valence-corrected chi connectivity index (χ1v) is 8.71. The lowest BCUT2D eigenvalue weighted by Crippen LogP contribution is -2.11. The third-order valence-corrected chi connectivity index (χ3v) is 4.83. The quantitative estimate of drug-likeness (QED) is 0.934. The summed E-state index contributed by atoms with van der Waals surface area (Å²) in [6, 6.07) is 11.5. The fourth-order valence-electron chi connectivity index (χ4n) is 2.70. The van der Waals surface area contributed by atoms with Crippen molar-refractivity contribution >= 4 is 21.2 Å². The molecule has 5 heteroatoms. The van der Waals surface area contributed by atoms with Crippen molar-refractivity contribution in [3.8, 4) is 0 Å². The van der Waals surface area contributed by atoms with Crippen molar-refractivity contribution in [1.29, 1.82) is 0 Å². The minimum Gasteiger partial charge on any atom is -0.225 e. The van der Waals surface area contributed by atoms with Crippen molar-refractivity contribution in [2.45, 2.75) is 18.2 Å². The highest BCUT2D eigenvalue weighted by Gasteiger charge is 2.16. The van der Waals surface area contributed by atoms with E-state index in [1.54, 1.807) is 25.1 Å². The zero-order chi connectivity index (χ0) is 16.6. The highest BCUT2D eigenvalue weighted by Crippen LogP contribution is 2.36. The van der Waals surface area contributed by atoms with E-state index in [2.05, 4.69) is 12.2 Å². The van der Waals surface area contributed by atoms with Crippen molar-refractivity contribution in [2.75, 3.05) is 0 Å². The molecule has 0 heterocycles. The Morgan fingerprint density at radius 3 is 2.09 bits per heavy atom. The van der Waals surface area contributed by atoms with Gasteiger partial charge in [-0.2, -0.15) is 0 Å². The Balaban J connectivity index is 1.97. The minimum absolute atomic E-state index is 0.0861. The van der Waals surface area contributed by atoms with E-state index < -0.39 is 10.0 Å². The Kier molecular flexibility index (Phi) is 3.92. The number of benzene rings is 2. The van der Waals surface area contributed by atoms with Gasteiger partial charge in [-0.15, -0.1) is 0 Å². The van der Waals surface area contributed by atoms with Crippen molar-refractivity contribution in [3.05, 3.63) is 77.1 Å². The molecule has 0 bridgehead atoms. The molecule has 3 nitrogen and oxygen atoms in total. The molecule has 118 valence electrons. The topological polar surface area (TPSA) is 60.2 Å². The van der Waals surface area contributed by atoms with E-state index in [4.69, 9.17) is 5.14 Å². The summed E-state index contributed by atoms with van der Waals surface area (Å²) in [6.45, 7) is 1.73. The summed E-state index contributed by atoms with van der Waals surface area (Å²) in [5.41, 5.74) is 4.49. The Bertz CT molecular complexity index is 926. The highest BCUT2D eigenvalue weighted by molar-refractivity contribution is 7.89. The monoisotopic (exact) mass is 329 g/mol. The predicted octanol–water partition coefficient (Wildman–Crippen LogP) is 3.65. The predicted molar refractivity (Wildman–Crippen MR) is 89.5 cm³/mol. The SMILES string of the molecule is Cc1cc(C2=CCC=C2c2ccc(S(N)(=O)=O)cc2)ccc1F. The first-order valence-electron chi connectivity index (χ1n) is 7.17. The molecule has 2 aromatic carbocycles. The van der Waals surface area contributed by atoms with Gasteiger partial charge in [-0.1, -0.05) is 30.4 Å². The number of aryl methyl sites for hydroxylation is 1. The maximum atomic E-state index is 13.5. The largest absolute Gasteiger partial charge is 0.238 e. The van der Waals surface area contributed by atoms with E-state index in [0.29, 0.717) is 5.56 Å². The fraction of sp³-hybridized carbons (Fsp3) is 0.111. The number of hydrogen-bond donors (Lipinski definition) is 1. The van der Waals surface area contributed by atoms with Crippen LogP contribution in [0.1, 0.15) is 23.1 Å². The highest BCUT2D eigenvalue weighted by atomic mass is 32.2. The van der Waals surface area contributed by atoms with Crippen LogP contribution in [0.2, 0.25) is 0 Å². The average Bonchev–Trinajstić information content (AvgIpc) is 2.99. The number of allylic oxidation sites excluding steroid dienone is 4. The van der Waals surface area contributed by atoms with Gasteiger partial charge in [0, 0.05) is 0 Å². The molecule has 2 N–H and O–H groups in total. The van der Waals surface area contributed by atoms with Crippen LogP contribution < -0.4 is 5.14 Å².